The molecule has 1 aromatic heterocycles. The molecule has 0 aliphatic carbocycles. The maximum Gasteiger partial charge on any atom is 0.251 e. The monoisotopic (exact) mass is 398 g/mol. The van der Waals surface area contributed by atoms with Crippen LogP contribution < -0.4 is 10.6 Å². The highest BCUT2D eigenvalue weighted by molar-refractivity contribution is 6.30. The van der Waals surface area contributed by atoms with Crippen LogP contribution in [0.25, 0.3) is 11.1 Å². The lowest BCUT2D eigenvalue weighted by atomic mass is 10.1. The van der Waals surface area contributed by atoms with Gasteiger partial charge in [0, 0.05) is 16.3 Å². The van der Waals surface area contributed by atoms with Crippen molar-refractivity contribution in [2.24, 2.45) is 0 Å². The van der Waals surface area contributed by atoms with Crippen molar-refractivity contribution >= 4 is 34.9 Å². The Kier molecular flexibility index (Phi) is 4.60. The molecule has 0 fully saturated rings. The molecule has 2 aromatic carbocycles. The summed E-state index contributed by atoms with van der Waals surface area (Å²) in [6.45, 7) is 1.83. The summed E-state index contributed by atoms with van der Waals surface area (Å²) < 4.78 is 14.8. The second-order valence-electron chi connectivity index (χ2n) is 6.53. The molecule has 2 heterocycles. The number of amides is 2. The van der Waals surface area contributed by atoms with Crippen molar-refractivity contribution in [2.75, 3.05) is 10.6 Å². The van der Waals surface area contributed by atoms with Crippen molar-refractivity contribution in [1.29, 1.82) is 0 Å². The largest absolute Gasteiger partial charge is 0.326 e. The molecule has 6 nitrogen and oxygen atoms in total. The molecule has 2 N–H and O–H groups in total. The molecule has 4 rings (SSSR count). The topological polar surface area (TPSA) is 76.0 Å². The summed E-state index contributed by atoms with van der Waals surface area (Å²) in [5, 5.41) is 10.4. The molecule has 1 aliphatic rings. The van der Waals surface area contributed by atoms with Crippen molar-refractivity contribution in [3.05, 3.63) is 65.1 Å². The molecule has 0 saturated heterocycles. The Labute approximate surface area is 165 Å². The number of aryl methyl sites for hydroxylation is 1. The van der Waals surface area contributed by atoms with Gasteiger partial charge in [-0.15, -0.1) is 0 Å². The lowest BCUT2D eigenvalue weighted by molar-refractivity contribution is -0.123. The maximum absolute atomic E-state index is 13.3. The van der Waals surface area contributed by atoms with E-state index >= 15 is 0 Å². The van der Waals surface area contributed by atoms with Crippen LogP contribution in [0.3, 0.4) is 0 Å². The van der Waals surface area contributed by atoms with E-state index in [4.69, 9.17) is 11.6 Å². The molecule has 142 valence electrons. The molecule has 0 spiro atoms. The predicted molar refractivity (Wildman–Crippen MR) is 105 cm³/mol. The number of hydrogen-bond acceptors (Lipinski definition) is 3. The van der Waals surface area contributed by atoms with E-state index in [2.05, 4.69) is 15.7 Å². The average molecular weight is 399 g/mol. The molecule has 0 saturated carbocycles. The van der Waals surface area contributed by atoms with E-state index in [1.54, 1.807) is 18.2 Å². The zero-order valence-corrected chi connectivity index (χ0v) is 15.6. The summed E-state index contributed by atoms with van der Waals surface area (Å²) in [7, 11) is 0. The number of nitrogens with zero attached hydrogens (tertiary/aromatic N) is 2. The van der Waals surface area contributed by atoms with Gasteiger partial charge in [0.05, 0.1) is 12.1 Å². The van der Waals surface area contributed by atoms with E-state index in [-0.39, 0.29) is 12.3 Å². The number of hydrogen-bond donors (Lipinski definition) is 2. The van der Waals surface area contributed by atoms with E-state index < -0.39 is 17.8 Å². The smallest absolute Gasteiger partial charge is 0.251 e. The van der Waals surface area contributed by atoms with E-state index in [1.165, 1.54) is 22.9 Å². The number of nitrogens with one attached hydrogen (secondary N) is 2. The summed E-state index contributed by atoms with van der Waals surface area (Å²) in [6.07, 6.45) is -0.120. The zero-order chi connectivity index (χ0) is 19.8. The SMILES string of the molecule is Cc1nn2c(c1-c1cccc(Cl)c1)NC(=O)C2CC(=O)Nc1cccc(F)c1. The fourth-order valence-electron chi connectivity index (χ4n) is 3.33. The Bertz CT molecular complexity index is 1100. The molecule has 8 heteroatoms. The Morgan fingerprint density at radius 3 is 2.82 bits per heavy atom. The number of benzene rings is 2. The Hall–Kier alpha value is -3.19. The minimum absolute atomic E-state index is 0.120. The van der Waals surface area contributed by atoms with Crippen molar-refractivity contribution < 1.29 is 14.0 Å². The third-order valence-electron chi connectivity index (χ3n) is 4.53. The molecule has 0 radical (unpaired) electrons. The standard InChI is InChI=1S/C20H16ClFN4O2/c1-11-18(12-4-2-5-13(21)8-12)19-24-20(28)16(26(19)25-11)10-17(27)23-15-7-3-6-14(22)9-15/h2-9,16H,10H2,1H3,(H,23,27)(H,24,28). The first kappa shape index (κ1) is 18.2. The first-order valence-corrected chi connectivity index (χ1v) is 9.01. The van der Waals surface area contributed by atoms with Crippen LogP contribution in [0, 0.1) is 12.7 Å². The van der Waals surface area contributed by atoms with Gasteiger partial charge in [0.25, 0.3) is 5.91 Å². The second kappa shape index (κ2) is 7.09. The second-order valence-corrected chi connectivity index (χ2v) is 6.97. The summed E-state index contributed by atoms with van der Waals surface area (Å²) in [4.78, 5) is 24.8. The number of carbonyl (C=O) groups excluding carboxylic acids is 2. The first-order valence-electron chi connectivity index (χ1n) is 8.63. The minimum Gasteiger partial charge on any atom is -0.326 e. The van der Waals surface area contributed by atoms with Gasteiger partial charge in [0.15, 0.2) is 0 Å². The van der Waals surface area contributed by atoms with Gasteiger partial charge in [-0.3, -0.25) is 9.59 Å². The number of anilines is 2. The van der Waals surface area contributed by atoms with Crippen LogP contribution in [0.4, 0.5) is 15.9 Å². The van der Waals surface area contributed by atoms with Crippen LogP contribution in [-0.4, -0.2) is 21.6 Å². The molecule has 2 amide bonds. The third kappa shape index (κ3) is 3.36. The Morgan fingerprint density at radius 1 is 1.29 bits per heavy atom. The highest BCUT2D eigenvalue weighted by atomic mass is 35.5. The van der Waals surface area contributed by atoms with Crippen molar-refractivity contribution in [3.8, 4) is 11.1 Å². The zero-order valence-electron chi connectivity index (χ0n) is 14.9. The van der Waals surface area contributed by atoms with Gasteiger partial charge >= 0.3 is 0 Å². The molecular weight excluding hydrogens is 383 g/mol. The minimum atomic E-state index is -0.782. The fraction of sp³-hybridized carbons (Fsp3) is 0.150. The van der Waals surface area contributed by atoms with E-state index in [1.807, 2.05) is 19.1 Å². The molecule has 1 atom stereocenters. The quantitative estimate of drug-likeness (QED) is 0.692. The molecule has 1 unspecified atom stereocenters. The van der Waals surface area contributed by atoms with Gasteiger partial charge in [0.1, 0.15) is 17.7 Å². The number of carbonyl (C=O) groups is 2. The lowest BCUT2D eigenvalue weighted by Gasteiger charge is -2.10. The normalized spacial score (nSPS) is 15.2. The van der Waals surface area contributed by atoms with E-state index in [0.717, 1.165) is 11.1 Å². The molecule has 28 heavy (non-hydrogen) atoms. The van der Waals surface area contributed by atoms with Gasteiger partial charge in [-0.25, -0.2) is 9.07 Å². The molecule has 0 bridgehead atoms. The van der Waals surface area contributed by atoms with Crippen LogP contribution >= 0.6 is 11.6 Å². The summed E-state index contributed by atoms with van der Waals surface area (Å²) in [5.41, 5.74) is 2.65. The van der Waals surface area contributed by atoms with Gasteiger partial charge in [-0.1, -0.05) is 29.8 Å². The van der Waals surface area contributed by atoms with Crippen molar-refractivity contribution in [3.63, 3.8) is 0 Å². The van der Waals surface area contributed by atoms with Crippen molar-refractivity contribution in [1.82, 2.24) is 9.78 Å². The first-order chi connectivity index (χ1) is 13.4. The average Bonchev–Trinajstić information content (AvgIpc) is 3.09. The molecule has 1 aliphatic heterocycles. The lowest BCUT2D eigenvalue weighted by Crippen LogP contribution is -2.23. The highest BCUT2D eigenvalue weighted by Gasteiger charge is 2.36. The molecule has 3 aromatic rings. The van der Waals surface area contributed by atoms with Crippen LogP contribution in [0.1, 0.15) is 18.2 Å². The number of halogens is 2. The summed E-state index contributed by atoms with van der Waals surface area (Å²) >= 11 is 6.09. The predicted octanol–water partition coefficient (Wildman–Crippen LogP) is 4.17. The van der Waals surface area contributed by atoms with Gasteiger partial charge in [-0.05, 0) is 42.8 Å². The van der Waals surface area contributed by atoms with E-state index in [0.29, 0.717) is 22.2 Å². The van der Waals surface area contributed by atoms with Gasteiger partial charge < -0.3 is 10.6 Å². The van der Waals surface area contributed by atoms with Crippen LogP contribution in [0.15, 0.2) is 48.5 Å². The van der Waals surface area contributed by atoms with Gasteiger partial charge in [0.2, 0.25) is 5.91 Å². The third-order valence-corrected chi connectivity index (χ3v) is 4.76. The van der Waals surface area contributed by atoms with Crippen LogP contribution in [0.2, 0.25) is 5.02 Å². The van der Waals surface area contributed by atoms with Gasteiger partial charge in [-0.2, -0.15) is 5.10 Å². The van der Waals surface area contributed by atoms with Crippen LogP contribution in [0.5, 0.6) is 0 Å². The summed E-state index contributed by atoms with van der Waals surface area (Å²) in [6, 6.07) is 12.1. The van der Waals surface area contributed by atoms with Crippen LogP contribution in [-0.2, 0) is 9.59 Å². The van der Waals surface area contributed by atoms with Crippen molar-refractivity contribution in [2.45, 2.75) is 19.4 Å². The number of aromatic nitrogens is 2. The molecular formula is C20H16ClFN4O2. The number of rotatable bonds is 4. The Morgan fingerprint density at radius 2 is 2.07 bits per heavy atom. The Balaban J connectivity index is 1.59. The fourth-order valence-corrected chi connectivity index (χ4v) is 3.52. The summed E-state index contributed by atoms with van der Waals surface area (Å²) in [5.74, 6) is -0.642. The van der Waals surface area contributed by atoms with E-state index in [9.17, 15) is 14.0 Å². The maximum atomic E-state index is 13.3. The number of fused-ring (bicyclic) bond motifs is 1. The highest BCUT2D eigenvalue weighted by Crippen LogP contribution is 2.38.